The lowest BCUT2D eigenvalue weighted by Gasteiger charge is -2.17. The van der Waals surface area contributed by atoms with Crippen molar-refractivity contribution in [2.75, 3.05) is 18.0 Å². The van der Waals surface area contributed by atoms with Gasteiger partial charge in [0.15, 0.2) is 0 Å². The Hall–Kier alpha value is -3.28. The third kappa shape index (κ3) is 4.64. The van der Waals surface area contributed by atoms with E-state index in [2.05, 4.69) is 39.6 Å². The molecule has 6 heteroatoms. The van der Waals surface area contributed by atoms with Gasteiger partial charge in [-0.1, -0.05) is 23.4 Å². The Morgan fingerprint density at radius 1 is 1.13 bits per heavy atom. The lowest BCUT2D eigenvalue weighted by atomic mass is 10.1. The Balaban J connectivity index is 1.32. The summed E-state index contributed by atoms with van der Waals surface area (Å²) < 4.78 is 11.0. The maximum absolute atomic E-state index is 12.6. The molecule has 1 aliphatic rings. The monoisotopic (exact) mass is 405 g/mol. The van der Waals surface area contributed by atoms with Gasteiger partial charge in [-0.15, -0.1) is 0 Å². The predicted octanol–water partition coefficient (Wildman–Crippen LogP) is 4.40. The first-order valence-corrected chi connectivity index (χ1v) is 10.4. The molecule has 1 N–H and O–H groups in total. The molecule has 1 aliphatic heterocycles. The summed E-state index contributed by atoms with van der Waals surface area (Å²) in [4.78, 5) is 15.0. The number of carbonyl (C=O) groups excluding carboxylic acids is 1. The van der Waals surface area contributed by atoms with Gasteiger partial charge in [-0.2, -0.15) is 0 Å². The van der Waals surface area contributed by atoms with E-state index in [4.69, 9.17) is 9.26 Å². The van der Waals surface area contributed by atoms with Gasteiger partial charge >= 0.3 is 0 Å². The van der Waals surface area contributed by atoms with Gasteiger partial charge in [-0.25, -0.2) is 0 Å². The summed E-state index contributed by atoms with van der Waals surface area (Å²) in [5, 5.41) is 6.92. The zero-order valence-corrected chi connectivity index (χ0v) is 17.5. The van der Waals surface area contributed by atoms with Gasteiger partial charge in [0.1, 0.15) is 18.1 Å². The summed E-state index contributed by atoms with van der Waals surface area (Å²) in [7, 11) is 0. The maximum atomic E-state index is 12.6. The smallest absolute Gasteiger partial charge is 0.251 e. The van der Waals surface area contributed by atoms with Gasteiger partial charge in [0.2, 0.25) is 0 Å². The van der Waals surface area contributed by atoms with Crippen molar-refractivity contribution < 1.29 is 14.1 Å². The van der Waals surface area contributed by atoms with Gasteiger partial charge in [-0.3, -0.25) is 4.79 Å². The Morgan fingerprint density at radius 3 is 2.60 bits per heavy atom. The summed E-state index contributed by atoms with van der Waals surface area (Å²) in [6.45, 7) is 6.85. The number of hydrogen-bond acceptors (Lipinski definition) is 5. The van der Waals surface area contributed by atoms with E-state index in [9.17, 15) is 4.79 Å². The van der Waals surface area contributed by atoms with Gasteiger partial charge in [0.05, 0.1) is 11.3 Å². The number of carbonyl (C=O) groups is 1. The van der Waals surface area contributed by atoms with Crippen LogP contribution < -0.4 is 15.0 Å². The molecule has 3 aromatic rings. The Bertz CT molecular complexity index is 985. The fraction of sp³-hybridized carbons (Fsp3) is 0.333. The van der Waals surface area contributed by atoms with E-state index < -0.39 is 0 Å². The number of aromatic nitrogens is 1. The molecule has 156 valence electrons. The molecule has 6 nitrogen and oxygen atoms in total. The topological polar surface area (TPSA) is 67.6 Å². The third-order valence-electron chi connectivity index (χ3n) is 5.52. The van der Waals surface area contributed by atoms with E-state index in [1.54, 1.807) is 12.1 Å². The van der Waals surface area contributed by atoms with Crippen molar-refractivity contribution in [1.82, 2.24) is 10.5 Å². The largest absolute Gasteiger partial charge is 0.489 e. The van der Waals surface area contributed by atoms with Crippen LogP contribution in [0, 0.1) is 13.8 Å². The van der Waals surface area contributed by atoms with Crippen molar-refractivity contribution >= 4 is 11.6 Å². The van der Waals surface area contributed by atoms with E-state index in [0.29, 0.717) is 24.5 Å². The highest BCUT2D eigenvalue weighted by Gasteiger charge is 2.13. The summed E-state index contributed by atoms with van der Waals surface area (Å²) >= 11 is 0. The lowest BCUT2D eigenvalue weighted by Crippen LogP contribution is -2.23. The fourth-order valence-electron chi connectivity index (χ4n) is 3.67. The second-order valence-electron chi connectivity index (χ2n) is 7.66. The van der Waals surface area contributed by atoms with E-state index in [0.717, 1.165) is 35.7 Å². The van der Waals surface area contributed by atoms with Crippen molar-refractivity contribution in [3.05, 3.63) is 76.7 Å². The number of amides is 1. The van der Waals surface area contributed by atoms with Gasteiger partial charge < -0.3 is 19.5 Å². The van der Waals surface area contributed by atoms with Crippen LogP contribution in [-0.2, 0) is 13.2 Å². The molecule has 1 saturated heterocycles. The molecule has 0 unspecified atom stereocenters. The molecule has 4 rings (SSSR count). The fourth-order valence-corrected chi connectivity index (χ4v) is 3.67. The number of nitrogens with zero attached hydrogens (tertiary/aromatic N) is 2. The number of nitrogens with one attached hydrogen (secondary N) is 1. The number of anilines is 1. The Kier molecular flexibility index (Phi) is 6.02. The minimum atomic E-state index is -0.124. The lowest BCUT2D eigenvalue weighted by molar-refractivity contribution is 0.0950. The standard InChI is InChI=1S/C24H27N3O3/c1-17-23(18(2)30-26-17)16-29-22-7-5-6-20(14-22)24(28)25-15-19-8-10-21(11-9-19)27-12-3-4-13-27/h5-11,14H,3-4,12-13,15-16H2,1-2H3,(H,25,28). The first-order chi connectivity index (χ1) is 14.6. The summed E-state index contributed by atoms with van der Waals surface area (Å²) in [5.74, 6) is 1.26. The molecule has 0 bridgehead atoms. The first-order valence-electron chi connectivity index (χ1n) is 10.4. The summed E-state index contributed by atoms with van der Waals surface area (Å²) in [6, 6.07) is 15.6. The van der Waals surface area contributed by atoms with Crippen molar-refractivity contribution in [3.8, 4) is 5.75 Å². The van der Waals surface area contributed by atoms with Crippen LogP contribution in [0.1, 0.15) is 45.8 Å². The Morgan fingerprint density at radius 2 is 1.90 bits per heavy atom. The molecule has 0 atom stereocenters. The average molecular weight is 405 g/mol. The number of ether oxygens (including phenoxy) is 1. The highest BCUT2D eigenvalue weighted by molar-refractivity contribution is 5.94. The van der Waals surface area contributed by atoms with Crippen molar-refractivity contribution in [3.63, 3.8) is 0 Å². The van der Waals surface area contributed by atoms with Gasteiger partial charge in [-0.05, 0) is 62.6 Å². The van der Waals surface area contributed by atoms with Crippen LogP contribution in [0.5, 0.6) is 5.75 Å². The number of aryl methyl sites for hydroxylation is 2. The normalized spacial score (nSPS) is 13.5. The molecule has 1 aromatic heterocycles. The van der Waals surface area contributed by atoms with Crippen LogP contribution >= 0.6 is 0 Å². The molecule has 1 amide bonds. The molecule has 1 fully saturated rings. The summed E-state index contributed by atoms with van der Waals surface area (Å²) in [6.07, 6.45) is 2.53. The van der Waals surface area contributed by atoms with Crippen LogP contribution in [-0.4, -0.2) is 24.2 Å². The van der Waals surface area contributed by atoms with Crippen LogP contribution in [0.4, 0.5) is 5.69 Å². The molecule has 30 heavy (non-hydrogen) atoms. The molecule has 0 aliphatic carbocycles. The third-order valence-corrected chi connectivity index (χ3v) is 5.52. The molecule has 0 radical (unpaired) electrons. The van der Waals surface area contributed by atoms with Crippen molar-refractivity contribution in [2.45, 2.75) is 39.8 Å². The highest BCUT2D eigenvalue weighted by atomic mass is 16.5. The molecule has 2 heterocycles. The molecular weight excluding hydrogens is 378 g/mol. The molecular formula is C24H27N3O3. The molecule has 0 spiro atoms. The van der Waals surface area contributed by atoms with Crippen LogP contribution in [0.25, 0.3) is 0 Å². The van der Waals surface area contributed by atoms with Gasteiger partial charge in [0, 0.05) is 30.9 Å². The average Bonchev–Trinajstić information content (AvgIpc) is 3.42. The number of rotatable bonds is 7. The number of benzene rings is 2. The van der Waals surface area contributed by atoms with E-state index in [1.807, 2.05) is 26.0 Å². The van der Waals surface area contributed by atoms with E-state index >= 15 is 0 Å². The minimum absolute atomic E-state index is 0.124. The molecule has 2 aromatic carbocycles. The van der Waals surface area contributed by atoms with Gasteiger partial charge in [0.25, 0.3) is 5.91 Å². The van der Waals surface area contributed by atoms with E-state index in [1.165, 1.54) is 18.5 Å². The van der Waals surface area contributed by atoms with E-state index in [-0.39, 0.29) is 5.91 Å². The van der Waals surface area contributed by atoms with Crippen molar-refractivity contribution in [2.24, 2.45) is 0 Å². The zero-order chi connectivity index (χ0) is 20.9. The van der Waals surface area contributed by atoms with Crippen molar-refractivity contribution in [1.29, 1.82) is 0 Å². The Labute approximate surface area is 176 Å². The van der Waals surface area contributed by atoms with Crippen LogP contribution in [0.3, 0.4) is 0 Å². The first kappa shape index (κ1) is 20.0. The number of hydrogen-bond donors (Lipinski definition) is 1. The SMILES string of the molecule is Cc1noc(C)c1COc1cccc(C(=O)NCc2ccc(N3CCCC3)cc2)c1. The molecule has 0 saturated carbocycles. The quantitative estimate of drug-likeness (QED) is 0.631. The summed E-state index contributed by atoms with van der Waals surface area (Å²) in [5.41, 5.74) is 4.65. The zero-order valence-electron chi connectivity index (χ0n) is 17.5. The second-order valence-corrected chi connectivity index (χ2v) is 7.66. The van der Waals surface area contributed by atoms with Crippen LogP contribution in [0.15, 0.2) is 53.1 Å². The predicted molar refractivity (Wildman–Crippen MR) is 116 cm³/mol. The minimum Gasteiger partial charge on any atom is -0.489 e. The van der Waals surface area contributed by atoms with Crippen LogP contribution in [0.2, 0.25) is 0 Å². The second kappa shape index (κ2) is 9.03. The highest BCUT2D eigenvalue weighted by Crippen LogP contribution is 2.21. The maximum Gasteiger partial charge on any atom is 0.251 e.